The number of piperidine rings is 1. The van der Waals surface area contributed by atoms with Crippen molar-refractivity contribution in [1.29, 1.82) is 0 Å². The number of aromatic nitrogens is 1. The van der Waals surface area contributed by atoms with Crippen molar-refractivity contribution in [1.82, 2.24) is 4.98 Å². The number of carbonyl (C=O) groups is 1. The Morgan fingerprint density at radius 3 is 2.72 bits per heavy atom. The average molecular weight is 339 g/mol. The van der Waals surface area contributed by atoms with Crippen molar-refractivity contribution in [2.45, 2.75) is 26.2 Å². The molecule has 1 unspecified atom stereocenters. The smallest absolute Gasteiger partial charge is 0.228 e. The van der Waals surface area contributed by atoms with Gasteiger partial charge in [-0.1, -0.05) is 19.1 Å². The maximum absolute atomic E-state index is 12.2. The lowest BCUT2D eigenvalue weighted by Crippen LogP contribution is -2.34. The molecule has 2 aromatic rings. The predicted molar refractivity (Wildman–Crippen MR) is 100 cm³/mol. The number of pyridine rings is 1. The first-order valence-corrected chi connectivity index (χ1v) is 8.78. The van der Waals surface area contributed by atoms with E-state index in [0.29, 0.717) is 12.3 Å². The number of ether oxygens (including phenoxy) is 1. The van der Waals surface area contributed by atoms with E-state index in [1.165, 1.54) is 12.8 Å². The van der Waals surface area contributed by atoms with Crippen molar-refractivity contribution in [2.24, 2.45) is 5.92 Å². The molecule has 2 heterocycles. The molecule has 1 fully saturated rings. The van der Waals surface area contributed by atoms with Gasteiger partial charge in [0.1, 0.15) is 11.6 Å². The zero-order chi connectivity index (χ0) is 17.6. The van der Waals surface area contributed by atoms with Gasteiger partial charge in [-0.05, 0) is 48.6 Å². The van der Waals surface area contributed by atoms with E-state index in [2.05, 4.69) is 22.1 Å². The third-order valence-corrected chi connectivity index (χ3v) is 4.54. The number of anilines is 2. The predicted octanol–water partition coefficient (Wildman–Crippen LogP) is 3.51. The van der Waals surface area contributed by atoms with Gasteiger partial charge < -0.3 is 15.0 Å². The Morgan fingerprint density at radius 2 is 2.08 bits per heavy atom. The van der Waals surface area contributed by atoms with Gasteiger partial charge in [-0.15, -0.1) is 0 Å². The fraction of sp³-hybridized carbons (Fsp3) is 0.400. The van der Waals surface area contributed by atoms with Crippen LogP contribution in [0, 0.1) is 5.92 Å². The largest absolute Gasteiger partial charge is 0.497 e. The molecule has 3 rings (SSSR count). The number of benzene rings is 1. The van der Waals surface area contributed by atoms with Gasteiger partial charge in [0.25, 0.3) is 0 Å². The monoisotopic (exact) mass is 339 g/mol. The Morgan fingerprint density at radius 1 is 1.28 bits per heavy atom. The van der Waals surface area contributed by atoms with Crippen LogP contribution in [0.2, 0.25) is 0 Å². The molecular weight excluding hydrogens is 314 g/mol. The van der Waals surface area contributed by atoms with Crippen molar-refractivity contribution >= 4 is 17.4 Å². The quantitative estimate of drug-likeness (QED) is 0.906. The highest BCUT2D eigenvalue weighted by Gasteiger charge is 2.17. The standard InChI is InChI=1S/C20H25N3O2/c1-15-4-3-11-23(14-15)19-10-7-17(13-21-19)22-20(24)12-16-5-8-18(25-2)9-6-16/h5-10,13,15H,3-4,11-12,14H2,1-2H3,(H,22,24). The van der Waals surface area contributed by atoms with E-state index in [9.17, 15) is 4.79 Å². The van der Waals surface area contributed by atoms with E-state index in [4.69, 9.17) is 4.74 Å². The Bertz CT molecular complexity index is 698. The minimum atomic E-state index is -0.0497. The molecule has 0 bridgehead atoms. The lowest BCUT2D eigenvalue weighted by atomic mass is 10.0. The van der Waals surface area contributed by atoms with Gasteiger partial charge in [0.2, 0.25) is 5.91 Å². The van der Waals surface area contributed by atoms with Crippen LogP contribution in [0.15, 0.2) is 42.6 Å². The number of carbonyl (C=O) groups excluding carboxylic acids is 1. The average Bonchev–Trinajstić information content (AvgIpc) is 2.63. The summed E-state index contributed by atoms with van der Waals surface area (Å²) in [5.41, 5.74) is 1.68. The van der Waals surface area contributed by atoms with Crippen LogP contribution >= 0.6 is 0 Å². The molecule has 1 aliphatic heterocycles. The Balaban J connectivity index is 1.56. The minimum absolute atomic E-state index is 0.0497. The van der Waals surface area contributed by atoms with Gasteiger partial charge in [0.05, 0.1) is 25.4 Å². The summed E-state index contributed by atoms with van der Waals surface area (Å²) in [6, 6.07) is 11.4. The number of rotatable bonds is 5. The molecule has 1 amide bonds. The molecular formula is C20H25N3O2. The summed E-state index contributed by atoms with van der Waals surface area (Å²) in [4.78, 5) is 19.0. The SMILES string of the molecule is COc1ccc(CC(=O)Nc2ccc(N3CCCC(C)C3)nc2)cc1. The number of methoxy groups -OCH3 is 1. The van der Waals surface area contributed by atoms with E-state index in [1.807, 2.05) is 36.4 Å². The van der Waals surface area contributed by atoms with Crippen molar-refractivity contribution in [3.8, 4) is 5.75 Å². The highest BCUT2D eigenvalue weighted by atomic mass is 16.5. The number of amides is 1. The van der Waals surface area contributed by atoms with Gasteiger partial charge in [0.15, 0.2) is 0 Å². The fourth-order valence-corrected chi connectivity index (χ4v) is 3.18. The van der Waals surface area contributed by atoms with Crippen LogP contribution in [-0.2, 0) is 11.2 Å². The summed E-state index contributed by atoms with van der Waals surface area (Å²) in [6.45, 7) is 4.39. The fourth-order valence-electron chi connectivity index (χ4n) is 3.18. The second-order valence-electron chi connectivity index (χ2n) is 6.67. The van der Waals surface area contributed by atoms with Crippen LogP contribution in [-0.4, -0.2) is 31.1 Å². The molecule has 1 aromatic carbocycles. The van der Waals surface area contributed by atoms with E-state index < -0.39 is 0 Å². The summed E-state index contributed by atoms with van der Waals surface area (Å²) in [5, 5.41) is 2.91. The van der Waals surface area contributed by atoms with Crippen LogP contribution in [0.25, 0.3) is 0 Å². The summed E-state index contributed by atoms with van der Waals surface area (Å²) in [5.74, 6) is 2.43. The summed E-state index contributed by atoms with van der Waals surface area (Å²) in [7, 11) is 1.63. The summed E-state index contributed by atoms with van der Waals surface area (Å²) < 4.78 is 5.12. The minimum Gasteiger partial charge on any atom is -0.497 e. The van der Waals surface area contributed by atoms with E-state index >= 15 is 0 Å². The van der Waals surface area contributed by atoms with Crippen molar-refractivity contribution in [3.05, 3.63) is 48.2 Å². The van der Waals surface area contributed by atoms with Gasteiger partial charge in [0, 0.05) is 13.1 Å². The second kappa shape index (κ2) is 8.01. The molecule has 5 heteroatoms. The maximum atomic E-state index is 12.2. The number of hydrogen-bond donors (Lipinski definition) is 1. The molecule has 1 aromatic heterocycles. The molecule has 0 saturated carbocycles. The first-order valence-electron chi connectivity index (χ1n) is 8.78. The van der Waals surface area contributed by atoms with Crippen molar-refractivity contribution < 1.29 is 9.53 Å². The van der Waals surface area contributed by atoms with E-state index in [-0.39, 0.29) is 5.91 Å². The highest BCUT2D eigenvalue weighted by Crippen LogP contribution is 2.22. The zero-order valence-electron chi connectivity index (χ0n) is 14.9. The third-order valence-electron chi connectivity index (χ3n) is 4.54. The lowest BCUT2D eigenvalue weighted by Gasteiger charge is -2.31. The molecule has 1 saturated heterocycles. The lowest BCUT2D eigenvalue weighted by molar-refractivity contribution is -0.115. The Kier molecular flexibility index (Phi) is 5.53. The zero-order valence-corrected chi connectivity index (χ0v) is 14.9. The van der Waals surface area contributed by atoms with Crippen LogP contribution in [0.1, 0.15) is 25.3 Å². The molecule has 132 valence electrons. The maximum Gasteiger partial charge on any atom is 0.228 e. The molecule has 0 radical (unpaired) electrons. The van der Waals surface area contributed by atoms with Gasteiger partial charge in [-0.3, -0.25) is 4.79 Å². The number of nitrogens with one attached hydrogen (secondary N) is 1. The first-order chi connectivity index (χ1) is 12.1. The van der Waals surface area contributed by atoms with E-state index in [0.717, 1.165) is 35.9 Å². The molecule has 0 aliphatic carbocycles. The molecule has 0 spiro atoms. The van der Waals surface area contributed by atoms with E-state index in [1.54, 1.807) is 13.3 Å². The van der Waals surface area contributed by atoms with Crippen LogP contribution in [0.3, 0.4) is 0 Å². The number of nitrogens with zero attached hydrogens (tertiary/aromatic N) is 2. The highest BCUT2D eigenvalue weighted by molar-refractivity contribution is 5.92. The van der Waals surface area contributed by atoms with Gasteiger partial charge in [-0.2, -0.15) is 0 Å². The van der Waals surface area contributed by atoms with Crippen LogP contribution in [0.4, 0.5) is 11.5 Å². The Hall–Kier alpha value is -2.56. The Labute approximate surface area is 149 Å². The van der Waals surface area contributed by atoms with Crippen molar-refractivity contribution in [2.75, 3.05) is 30.4 Å². The van der Waals surface area contributed by atoms with Crippen LogP contribution in [0.5, 0.6) is 5.75 Å². The first kappa shape index (κ1) is 17.3. The van der Waals surface area contributed by atoms with Gasteiger partial charge >= 0.3 is 0 Å². The van der Waals surface area contributed by atoms with Crippen LogP contribution < -0.4 is 15.0 Å². The third kappa shape index (κ3) is 4.72. The molecule has 1 aliphatic rings. The van der Waals surface area contributed by atoms with Gasteiger partial charge in [-0.25, -0.2) is 4.98 Å². The summed E-state index contributed by atoms with van der Waals surface area (Å²) >= 11 is 0. The normalized spacial score (nSPS) is 17.2. The number of hydrogen-bond acceptors (Lipinski definition) is 4. The second-order valence-corrected chi connectivity index (χ2v) is 6.67. The summed E-state index contributed by atoms with van der Waals surface area (Å²) in [6.07, 6.45) is 4.56. The molecule has 5 nitrogen and oxygen atoms in total. The topological polar surface area (TPSA) is 54.5 Å². The molecule has 1 N–H and O–H groups in total. The molecule has 1 atom stereocenters. The van der Waals surface area contributed by atoms with Crippen molar-refractivity contribution in [3.63, 3.8) is 0 Å². The molecule has 25 heavy (non-hydrogen) atoms.